The number of ether oxygens (including phenoxy) is 2. The molecule has 2 rings (SSSR count). The number of carbonyl (C=O) groups is 4. The van der Waals surface area contributed by atoms with Gasteiger partial charge in [0.15, 0.2) is 0 Å². The van der Waals surface area contributed by atoms with E-state index in [1.165, 1.54) is 13.8 Å². The van der Waals surface area contributed by atoms with Crippen molar-refractivity contribution in [2.75, 3.05) is 26.9 Å². The highest BCUT2D eigenvalue weighted by molar-refractivity contribution is 5.89. The van der Waals surface area contributed by atoms with Crippen molar-refractivity contribution < 1.29 is 33.8 Å². The Morgan fingerprint density at radius 1 is 0.870 bits per heavy atom. The van der Waals surface area contributed by atoms with Gasteiger partial charge in [-0.15, -0.1) is 0 Å². The number of benzene rings is 2. The smallest absolute Gasteiger partial charge is 0.273 e. The molecule has 0 fully saturated rings. The maximum atomic E-state index is 13.5. The third kappa shape index (κ3) is 12.8. The number of carbonyl (C=O) groups excluding carboxylic acids is 4. The Bertz CT molecular complexity index is 1260. The SMILES string of the molecule is COCCOc1ccc(CN(C[C@H](CCc2ccccc2)NC(=O)[C@@](O)(NC(C)=O)C(C)C)NC(=O)[C@@H](NC(C)=O)C(C)C)cc1. The van der Waals surface area contributed by atoms with Crippen LogP contribution in [0.1, 0.15) is 59.1 Å². The van der Waals surface area contributed by atoms with E-state index in [2.05, 4.69) is 21.4 Å². The van der Waals surface area contributed by atoms with Crippen LogP contribution in [0.5, 0.6) is 5.75 Å². The molecule has 46 heavy (non-hydrogen) atoms. The van der Waals surface area contributed by atoms with Crippen LogP contribution in [0, 0.1) is 11.8 Å². The first kappa shape index (κ1) is 38.2. The Kier molecular flexibility index (Phi) is 15.6. The zero-order valence-corrected chi connectivity index (χ0v) is 28.1. The molecule has 0 aliphatic heterocycles. The van der Waals surface area contributed by atoms with E-state index < -0.39 is 41.4 Å². The monoisotopic (exact) mass is 641 g/mol. The summed E-state index contributed by atoms with van der Waals surface area (Å²) in [6, 6.07) is 15.8. The molecule has 3 atom stereocenters. The van der Waals surface area contributed by atoms with Crippen LogP contribution >= 0.6 is 0 Å². The highest BCUT2D eigenvalue weighted by Gasteiger charge is 2.41. The molecule has 12 nitrogen and oxygen atoms in total. The van der Waals surface area contributed by atoms with Gasteiger partial charge < -0.3 is 30.5 Å². The molecule has 0 bridgehead atoms. The minimum absolute atomic E-state index is 0.148. The van der Waals surface area contributed by atoms with E-state index in [-0.39, 0.29) is 24.9 Å². The van der Waals surface area contributed by atoms with E-state index in [4.69, 9.17) is 9.47 Å². The number of aliphatic hydroxyl groups is 1. The Balaban J connectivity index is 2.40. The summed E-state index contributed by atoms with van der Waals surface area (Å²) in [5.74, 6) is -2.19. The number of nitrogens with zero attached hydrogens (tertiary/aromatic N) is 1. The van der Waals surface area contributed by atoms with Gasteiger partial charge in [0.05, 0.1) is 6.61 Å². The molecule has 0 spiro atoms. The molecule has 0 aliphatic carbocycles. The van der Waals surface area contributed by atoms with E-state index in [0.717, 1.165) is 11.1 Å². The second-order valence-electron chi connectivity index (χ2n) is 12.1. The van der Waals surface area contributed by atoms with Crippen molar-refractivity contribution in [2.45, 2.75) is 78.7 Å². The first-order valence-corrected chi connectivity index (χ1v) is 15.6. The summed E-state index contributed by atoms with van der Waals surface area (Å²) < 4.78 is 10.7. The molecule has 0 radical (unpaired) electrons. The predicted molar refractivity (Wildman–Crippen MR) is 175 cm³/mol. The van der Waals surface area contributed by atoms with Crippen LogP contribution in [-0.4, -0.2) is 78.4 Å². The molecule has 254 valence electrons. The van der Waals surface area contributed by atoms with Gasteiger partial charge in [-0.2, -0.15) is 0 Å². The fraction of sp³-hybridized carbons (Fsp3) is 0.529. The fourth-order valence-electron chi connectivity index (χ4n) is 4.77. The van der Waals surface area contributed by atoms with Gasteiger partial charge in [0, 0.05) is 46.0 Å². The lowest BCUT2D eigenvalue weighted by atomic mass is 9.97. The number of hydrazine groups is 1. The number of nitrogens with one attached hydrogen (secondary N) is 4. The first-order chi connectivity index (χ1) is 21.7. The molecule has 0 aliphatic rings. The van der Waals surface area contributed by atoms with Crippen LogP contribution in [0.3, 0.4) is 0 Å². The van der Waals surface area contributed by atoms with Crippen molar-refractivity contribution in [2.24, 2.45) is 11.8 Å². The van der Waals surface area contributed by atoms with Gasteiger partial charge in [0.2, 0.25) is 17.5 Å². The minimum Gasteiger partial charge on any atom is -0.491 e. The van der Waals surface area contributed by atoms with Crippen LogP contribution in [0.4, 0.5) is 0 Å². The van der Waals surface area contributed by atoms with E-state index in [0.29, 0.717) is 31.8 Å². The first-order valence-electron chi connectivity index (χ1n) is 15.6. The van der Waals surface area contributed by atoms with Crippen LogP contribution in [-0.2, 0) is 36.9 Å². The molecule has 5 N–H and O–H groups in total. The summed E-state index contributed by atoms with van der Waals surface area (Å²) in [5.41, 5.74) is 2.71. The van der Waals surface area contributed by atoms with Gasteiger partial charge in [-0.3, -0.25) is 24.6 Å². The van der Waals surface area contributed by atoms with Crippen molar-refractivity contribution >= 4 is 23.6 Å². The lowest BCUT2D eigenvalue weighted by Crippen LogP contribution is -2.64. The number of rotatable bonds is 19. The van der Waals surface area contributed by atoms with Crippen molar-refractivity contribution in [1.82, 2.24) is 26.4 Å². The fourth-order valence-corrected chi connectivity index (χ4v) is 4.77. The predicted octanol–water partition coefficient (Wildman–Crippen LogP) is 2.30. The summed E-state index contributed by atoms with van der Waals surface area (Å²) in [6.45, 7) is 10.8. The molecule has 0 saturated heterocycles. The Labute approximate surface area is 272 Å². The number of hydrogen-bond donors (Lipinski definition) is 5. The van der Waals surface area contributed by atoms with E-state index in [9.17, 15) is 24.3 Å². The Morgan fingerprint density at radius 3 is 2.07 bits per heavy atom. The van der Waals surface area contributed by atoms with Crippen LogP contribution in [0.2, 0.25) is 0 Å². The molecule has 0 unspecified atom stereocenters. The lowest BCUT2D eigenvalue weighted by molar-refractivity contribution is -0.155. The van der Waals surface area contributed by atoms with Gasteiger partial charge in [0.1, 0.15) is 18.4 Å². The maximum Gasteiger partial charge on any atom is 0.273 e. The molecule has 12 heteroatoms. The van der Waals surface area contributed by atoms with Crippen LogP contribution in [0.25, 0.3) is 0 Å². The summed E-state index contributed by atoms with van der Waals surface area (Å²) in [7, 11) is 1.60. The molecular weight excluding hydrogens is 590 g/mol. The Hall–Kier alpha value is -4.00. The van der Waals surface area contributed by atoms with Crippen molar-refractivity contribution in [3.05, 3.63) is 65.7 Å². The van der Waals surface area contributed by atoms with Crippen molar-refractivity contribution in [3.8, 4) is 5.75 Å². The normalized spacial score (nSPS) is 13.9. The average Bonchev–Trinajstić information content (AvgIpc) is 2.99. The van der Waals surface area contributed by atoms with Gasteiger partial charge in [-0.1, -0.05) is 70.2 Å². The second kappa shape index (κ2) is 18.8. The zero-order chi connectivity index (χ0) is 34.3. The molecule has 0 saturated carbocycles. The zero-order valence-electron chi connectivity index (χ0n) is 28.1. The molecule has 0 heterocycles. The molecular formula is C34H51N5O7. The second-order valence-corrected chi connectivity index (χ2v) is 12.1. The topological polar surface area (TPSA) is 158 Å². The third-order valence-corrected chi connectivity index (χ3v) is 7.38. The molecule has 0 aromatic heterocycles. The largest absolute Gasteiger partial charge is 0.491 e. The third-order valence-electron chi connectivity index (χ3n) is 7.38. The minimum atomic E-state index is -2.14. The van der Waals surface area contributed by atoms with Gasteiger partial charge in [-0.05, 0) is 42.0 Å². The standard InChI is InChI=1S/C34H51N5O7/c1-23(2)31(35-25(5)40)32(42)38-39(21-28-14-17-30(18-15-28)46-20-19-45-7)22-29(16-13-27-11-9-8-10-12-27)36-33(43)34(44,24(3)4)37-26(6)41/h8-12,14-15,17-18,23-24,29,31,44H,13,16,19-22H2,1-7H3,(H,35,40)(H,36,43)(H,37,41)(H,38,42)/t29-,31-,34+/m0/s1. The van der Waals surface area contributed by atoms with E-state index >= 15 is 0 Å². The van der Waals surface area contributed by atoms with E-state index in [1.807, 2.05) is 68.4 Å². The molecule has 4 amide bonds. The maximum absolute atomic E-state index is 13.5. The van der Waals surface area contributed by atoms with Crippen molar-refractivity contribution in [3.63, 3.8) is 0 Å². The van der Waals surface area contributed by atoms with Gasteiger partial charge >= 0.3 is 0 Å². The summed E-state index contributed by atoms with van der Waals surface area (Å²) in [4.78, 5) is 50.8. The molecule has 2 aromatic carbocycles. The summed E-state index contributed by atoms with van der Waals surface area (Å²) in [6.07, 6.45) is 1.06. The number of amides is 4. The number of hydrogen-bond acceptors (Lipinski definition) is 8. The number of methoxy groups -OCH3 is 1. The lowest BCUT2D eigenvalue weighted by Gasteiger charge is -2.35. The van der Waals surface area contributed by atoms with E-state index in [1.54, 1.807) is 26.0 Å². The average molecular weight is 642 g/mol. The van der Waals surface area contributed by atoms with Crippen LogP contribution < -0.4 is 26.1 Å². The number of aryl methyl sites for hydroxylation is 1. The molecule has 2 aromatic rings. The highest BCUT2D eigenvalue weighted by atomic mass is 16.5. The summed E-state index contributed by atoms with van der Waals surface area (Å²) in [5, 5.41) is 20.9. The van der Waals surface area contributed by atoms with Crippen LogP contribution in [0.15, 0.2) is 54.6 Å². The highest BCUT2D eigenvalue weighted by Crippen LogP contribution is 2.17. The van der Waals surface area contributed by atoms with Gasteiger partial charge in [0.25, 0.3) is 11.8 Å². The summed E-state index contributed by atoms with van der Waals surface area (Å²) >= 11 is 0. The quantitative estimate of drug-likeness (QED) is 0.0889. The van der Waals surface area contributed by atoms with Gasteiger partial charge in [-0.25, -0.2) is 5.01 Å². The Morgan fingerprint density at radius 2 is 1.52 bits per heavy atom. The van der Waals surface area contributed by atoms with Crippen molar-refractivity contribution in [1.29, 1.82) is 0 Å².